The molecule has 4 heteroatoms. The Kier molecular flexibility index (Phi) is 5.68. The monoisotopic (exact) mass is 252 g/mol. The second kappa shape index (κ2) is 7.54. The molecule has 0 radical (unpaired) electrons. The van der Waals surface area contributed by atoms with Crippen LogP contribution in [0.15, 0.2) is 10.6 Å². The van der Waals surface area contributed by atoms with E-state index in [9.17, 15) is 0 Å². The molecule has 1 fully saturated rings. The van der Waals surface area contributed by atoms with Crippen LogP contribution in [0.5, 0.6) is 0 Å². The van der Waals surface area contributed by atoms with E-state index in [0.29, 0.717) is 5.92 Å². The predicted octanol–water partition coefficient (Wildman–Crippen LogP) is 2.50. The second-order valence-corrected chi connectivity index (χ2v) is 4.98. The standard InChI is InChI=1S/C14H24N2O2/c1-17-10-9-15-8-7-14-16-11-13(18-14)12-5-3-2-4-6-12/h11-12,15H,2-10H2,1H3. The highest BCUT2D eigenvalue weighted by Crippen LogP contribution is 2.32. The molecule has 1 saturated carbocycles. The summed E-state index contributed by atoms with van der Waals surface area (Å²) in [5.41, 5.74) is 0. The number of hydrogen-bond acceptors (Lipinski definition) is 4. The summed E-state index contributed by atoms with van der Waals surface area (Å²) in [5.74, 6) is 2.57. The fraction of sp³-hybridized carbons (Fsp3) is 0.786. The third kappa shape index (κ3) is 4.10. The molecule has 18 heavy (non-hydrogen) atoms. The molecule has 1 aromatic rings. The smallest absolute Gasteiger partial charge is 0.195 e. The fourth-order valence-electron chi connectivity index (χ4n) is 2.51. The van der Waals surface area contributed by atoms with E-state index >= 15 is 0 Å². The fourth-order valence-corrected chi connectivity index (χ4v) is 2.51. The number of oxazole rings is 1. The van der Waals surface area contributed by atoms with E-state index in [0.717, 1.165) is 37.8 Å². The van der Waals surface area contributed by atoms with Gasteiger partial charge in [-0.2, -0.15) is 0 Å². The van der Waals surface area contributed by atoms with E-state index in [1.54, 1.807) is 7.11 Å². The molecule has 0 saturated heterocycles. The highest BCUT2D eigenvalue weighted by atomic mass is 16.5. The third-order valence-electron chi connectivity index (χ3n) is 3.58. The van der Waals surface area contributed by atoms with Crippen LogP contribution in [-0.2, 0) is 11.2 Å². The zero-order valence-electron chi connectivity index (χ0n) is 11.3. The van der Waals surface area contributed by atoms with E-state index < -0.39 is 0 Å². The van der Waals surface area contributed by atoms with Gasteiger partial charge in [-0.05, 0) is 12.8 Å². The molecule has 0 atom stereocenters. The number of nitrogens with zero attached hydrogens (tertiary/aromatic N) is 1. The lowest BCUT2D eigenvalue weighted by Gasteiger charge is -2.18. The van der Waals surface area contributed by atoms with E-state index in [1.165, 1.54) is 32.1 Å². The van der Waals surface area contributed by atoms with Gasteiger partial charge in [0.2, 0.25) is 0 Å². The Morgan fingerprint density at radius 3 is 2.94 bits per heavy atom. The lowest BCUT2D eigenvalue weighted by atomic mass is 9.88. The van der Waals surface area contributed by atoms with Gasteiger partial charge < -0.3 is 14.5 Å². The number of aromatic nitrogens is 1. The SMILES string of the molecule is COCCNCCc1ncc(C2CCCCC2)o1. The van der Waals surface area contributed by atoms with Crippen LogP contribution in [0.25, 0.3) is 0 Å². The van der Waals surface area contributed by atoms with Gasteiger partial charge in [-0.1, -0.05) is 19.3 Å². The lowest BCUT2D eigenvalue weighted by molar-refractivity contribution is 0.199. The Balaban J connectivity index is 1.72. The topological polar surface area (TPSA) is 47.3 Å². The Labute approximate surface area is 109 Å². The largest absolute Gasteiger partial charge is 0.445 e. The molecule has 2 rings (SSSR count). The van der Waals surface area contributed by atoms with Crippen LogP contribution >= 0.6 is 0 Å². The van der Waals surface area contributed by atoms with Gasteiger partial charge in [-0.3, -0.25) is 0 Å². The Morgan fingerprint density at radius 2 is 2.17 bits per heavy atom. The van der Waals surface area contributed by atoms with Crippen LogP contribution in [0.4, 0.5) is 0 Å². The molecule has 1 heterocycles. The van der Waals surface area contributed by atoms with E-state index in [-0.39, 0.29) is 0 Å². The average Bonchev–Trinajstić information content (AvgIpc) is 2.88. The van der Waals surface area contributed by atoms with Crippen molar-refractivity contribution >= 4 is 0 Å². The Bertz CT molecular complexity index is 332. The van der Waals surface area contributed by atoms with Crippen LogP contribution < -0.4 is 5.32 Å². The number of nitrogens with one attached hydrogen (secondary N) is 1. The summed E-state index contributed by atoms with van der Waals surface area (Å²) in [6, 6.07) is 0. The minimum atomic E-state index is 0.612. The van der Waals surface area contributed by atoms with Crippen molar-refractivity contribution in [2.75, 3.05) is 26.8 Å². The maximum Gasteiger partial charge on any atom is 0.195 e. The third-order valence-corrected chi connectivity index (χ3v) is 3.58. The number of hydrogen-bond donors (Lipinski definition) is 1. The molecule has 0 spiro atoms. The zero-order valence-corrected chi connectivity index (χ0v) is 11.3. The van der Waals surface area contributed by atoms with Crippen LogP contribution in [0.3, 0.4) is 0 Å². The number of rotatable bonds is 7. The van der Waals surface area contributed by atoms with Gasteiger partial charge in [0.1, 0.15) is 5.76 Å². The Morgan fingerprint density at radius 1 is 1.33 bits per heavy atom. The molecule has 0 aliphatic heterocycles. The van der Waals surface area contributed by atoms with Gasteiger partial charge in [0.25, 0.3) is 0 Å². The van der Waals surface area contributed by atoms with Crippen LogP contribution in [0.2, 0.25) is 0 Å². The van der Waals surface area contributed by atoms with Crippen molar-refractivity contribution in [1.29, 1.82) is 0 Å². The van der Waals surface area contributed by atoms with E-state index in [1.807, 2.05) is 6.20 Å². The van der Waals surface area contributed by atoms with Gasteiger partial charge in [-0.15, -0.1) is 0 Å². The van der Waals surface area contributed by atoms with Gasteiger partial charge in [-0.25, -0.2) is 4.98 Å². The van der Waals surface area contributed by atoms with Crippen LogP contribution in [-0.4, -0.2) is 31.8 Å². The summed E-state index contributed by atoms with van der Waals surface area (Å²) >= 11 is 0. The maximum absolute atomic E-state index is 5.85. The summed E-state index contributed by atoms with van der Waals surface area (Å²) in [7, 11) is 1.71. The molecule has 1 aromatic heterocycles. The van der Waals surface area contributed by atoms with Crippen molar-refractivity contribution in [1.82, 2.24) is 10.3 Å². The highest BCUT2D eigenvalue weighted by molar-refractivity contribution is 5.03. The van der Waals surface area contributed by atoms with Crippen molar-refractivity contribution in [3.63, 3.8) is 0 Å². The summed E-state index contributed by atoms with van der Waals surface area (Å²) in [4.78, 5) is 4.37. The van der Waals surface area contributed by atoms with Crippen molar-refractivity contribution in [3.05, 3.63) is 17.8 Å². The van der Waals surface area contributed by atoms with Crippen molar-refractivity contribution in [2.45, 2.75) is 44.4 Å². The van der Waals surface area contributed by atoms with Gasteiger partial charge in [0, 0.05) is 32.5 Å². The van der Waals surface area contributed by atoms with Gasteiger partial charge in [0.15, 0.2) is 5.89 Å². The highest BCUT2D eigenvalue weighted by Gasteiger charge is 2.19. The quantitative estimate of drug-likeness (QED) is 0.757. The molecule has 0 aromatic carbocycles. The van der Waals surface area contributed by atoms with E-state index in [4.69, 9.17) is 9.15 Å². The number of ether oxygens (including phenoxy) is 1. The van der Waals surface area contributed by atoms with Crippen molar-refractivity contribution < 1.29 is 9.15 Å². The normalized spacial score (nSPS) is 17.2. The first kappa shape index (κ1) is 13.6. The van der Waals surface area contributed by atoms with Crippen molar-refractivity contribution in [3.8, 4) is 0 Å². The lowest BCUT2D eigenvalue weighted by Crippen LogP contribution is -2.21. The predicted molar refractivity (Wildman–Crippen MR) is 70.8 cm³/mol. The zero-order chi connectivity index (χ0) is 12.6. The van der Waals surface area contributed by atoms with Crippen LogP contribution in [0.1, 0.15) is 49.7 Å². The summed E-state index contributed by atoms with van der Waals surface area (Å²) in [6.07, 6.45) is 9.36. The first-order valence-corrected chi connectivity index (χ1v) is 7.04. The van der Waals surface area contributed by atoms with Gasteiger partial charge in [0.05, 0.1) is 12.8 Å². The molecule has 1 aliphatic carbocycles. The Hall–Kier alpha value is -0.870. The minimum absolute atomic E-state index is 0.612. The summed E-state index contributed by atoms with van der Waals surface area (Å²) in [5, 5.41) is 3.30. The van der Waals surface area contributed by atoms with E-state index in [2.05, 4.69) is 10.3 Å². The first-order chi connectivity index (χ1) is 8.90. The van der Waals surface area contributed by atoms with Gasteiger partial charge >= 0.3 is 0 Å². The summed E-state index contributed by atoms with van der Waals surface area (Å²) in [6.45, 7) is 2.53. The molecule has 0 unspecified atom stereocenters. The summed E-state index contributed by atoms with van der Waals surface area (Å²) < 4.78 is 10.8. The molecule has 1 N–H and O–H groups in total. The number of methoxy groups -OCH3 is 1. The maximum atomic E-state index is 5.85. The average molecular weight is 252 g/mol. The minimum Gasteiger partial charge on any atom is -0.445 e. The molecule has 4 nitrogen and oxygen atoms in total. The first-order valence-electron chi connectivity index (χ1n) is 7.04. The van der Waals surface area contributed by atoms with Crippen LogP contribution in [0, 0.1) is 0 Å². The molecule has 0 bridgehead atoms. The molecular formula is C14H24N2O2. The molecule has 102 valence electrons. The molecule has 1 aliphatic rings. The second-order valence-electron chi connectivity index (χ2n) is 4.98. The molecule has 0 amide bonds. The van der Waals surface area contributed by atoms with Crippen molar-refractivity contribution in [2.24, 2.45) is 0 Å². The molecular weight excluding hydrogens is 228 g/mol.